The number of morpholine rings is 1. The first-order valence-corrected chi connectivity index (χ1v) is 9.19. The van der Waals surface area contributed by atoms with E-state index in [0.717, 1.165) is 45.3 Å². The highest BCUT2D eigenvalue weighted by molar-refractivity contribution is 7.10. The molecule has 0 unspecified atom stereocenters. The molecule has 0 bridgehead atoms. The van der Waals surface area contributed by atoms with Crippen LogP contribution in [-0.2, 0) is 11.3 Å². The third-order valence-corrected chi connectivity index (χ3v) is 5.74. The fourth-order valence-corrected chi connectivity index (χ4v) is 4.13. The molecule has 21 heavy (non-hydrogen) atoms. The van der Waals surface area contributed by atoms with E-state index in [9.17, 15) is 0 Å². The molecule has 2 rings (SSSR count). The summed E-state index contributed by atoms with van der Waals surface area (Å²) in [5.74, 6) is 0.778. The lowest BCUT2D eigenvalue weighted by atomic mass is 9.92. The highest BCUT2D eigenvalue weighted by Crippen LogP contribution is 2.20. The molecule has 1 atom stereocenters. The topological polar surface area (TPSA) is 24.5 Å². The summed E-state index contributed by atoms with van der Waals surface area (Å²) in [5, 5.41) is 5.89. The fraction of sp³-hybridized carbons (Fsp3) is 0.765. The number of nitrogens with one attached hydrogen (secondary N) is 1. The zero-order valence-electron chi connectivity index (χ0n) is 13.7. The maximum atomic E-state index is 5.52. The van der Waals surface area contributed by atoms with Crippen molar-refractivity contribution in [2.75, 3.05) is 32.8 Å². The van der Waals surface area contributed by atoms with Crippen molar-refractivity contribution < 1.29 is 4.74 Å². The molecule has 0 aliphatic carbocycles. The second kappa shape index (κ2) is 8.89. The van der Waals surface area contributed by atoms with E-state index in [4.69, 9.17) is 4.74 Å². The van der Waals surface area contributed by atoms with Crippen molar-refractivity contribution in [1.82, 2.24) is 10.2 Å². The molecule has 1 aliphatic rings. The Bertz CT molecular complexity index is 397. The SMILES string of the molecule is CCC(CC)[C@@H](CNCc1sccc1C)N1CCOCC1. The van der Waals surface area contributed by atoms with Gasteiger partial charge in [0.1, 0.15) is 0 Å². The van der Waals surface area contributed by atoms with Gasteiger partial charge in [-0.25, -0.2) is 0 Å². The van der Waals surface area contributed by atoms with Gasteiger partial charge in [-0.2, -0.15) is 0 Å². The predicted molar refractivity (Wildman–Crippen MR) is 91.0 cm³/mol. The summed E-state index contributed by atoms with van der Waals surface area (Å²) in [4.78, 5) is 4.11. The van der Waals surface area contributed by atoms with Gasteiger partial charge in [0.2, 0.25) is 0 Å². The second-order valence-electron chi connectivity index (χ2n) is 5.95. The quantitative estimate of drug-likeness (QED) is 0.797. The molecule has 1 saturated heterocycles. The first-order valence-electron chi connectivity index (χ1n) is 8.31. The summed E-state index contributed by atoms with van der Waals surface area (Å²) < 4.78 is 5.52. The average Bonchev–Trinajstić information content (AvgIpc) is 2.93. The smallest absolute Gasteiger partial charge is 0.0594 e. The van der Waals surface area contributed by atoms with Gasteiger partial charge in [-0.1, -0.05) is 26.7 Å². The first kappa shape index (κ1) is 16.9. The highest BCUT2D eigenvalue weighted by atomic mass is 32.1. The van der Waals surface area contributed by atoms with E-state index in [2.05, 4.69) is 42.4 Å². The van der Waals surface area contributed by atoms with Crippen LogP contribution in [0.2, 0.25) is 0 Å². The van der Waals surface area contributed by atoms with E-state index in [1.165, 1.54) is 23.3 Å². The Morgan fingerprint density at radius 1 is 1.29 bits per heavy atom. The average molecular weight is 311 g/mol. The molecule has 1 aromatic rings. The molecule has 0 saturated carbocycles. The van der Waals surface area contributed by atoms with Crippen molar-refractivity contribution in [2.45, 2.75) is 46.2 Å². The number of nitrogens with zero attached hydrogens (tertiary/aromatic N) is 1. The van der Waals surface area contributed by atoms with Gasteiger partial charge in [-0.05, 0) is 29.9 Å². The molecule has 120 valence electrons. The standard InChI is InChI=1S/C17H30N2OS/c1-4-15(5-2)16(19-7-9-20-10-8-19)12-18-13-17-14(3)6-11-21-17/h6,11,15-16,18H,4-5,7-10,12-13H2,1-3H3/t16-/m1/s1. The van der Waals surface area contributed by atoms with Crippen molar-refractivity contribution >= 4 is 11.3 Å². The fourth-order valence-electron chi connectivity index (χ4n) is 3.25. The molecular formula is C17H30N2OS. The summed E-state index contributed by atoms with van der Waals surface area (Å²) in [6.45, 7) is 12.9. The molecule has 1 N–H and O–H groups in total. The Kier molecular flexibility index (Phi) is 7.17. The third kappa shape index (κ3) is 4.78. The first-order chi connectivity index (χ1) is 10.3. The van der Waals surface area contributed by atoms with Crippen LogP contribution in [0.15, 0.2) is 11.4 Å². The number of thiophene rings is 1. The van der Waals surface area contributed by atoms with Gasteiger partial charge in [-0.15, -0.1) is 11.3 Å². The van der Waals surface area contributed by atoms with Gasteiger partial charge >= 0.3 is 0 Å². The monoisotopic (exact) mass is 310 g/mol. The van der Waals surface area contributed by atoms with E-state index >= 15 is 0 Å². The minimum Gasteiger partial charge on any atom is -0.379 e. The van der Waals surface area contributed by atoms with E-state index in [0.29, 0.717) is 6.04 Å². The van der Waals surface area contributed by atoms with Gasteiger partial charge in [0.05, 0.1) is 13.2 Å². The lowest BCUT2D eigenvalue weighted by Gasteiger charge is -2.39. The molecule has 2 heterocycles. The summed E-state index contributed by atoms with van der Waals surface area (Å²) in [5.41, 5.74) is 1.41. The molecule has 0 spiro atoms. The molecule has 0 radical (unpaired) electrons. The van der Waals surface area contributed by atoms with Crippen molar-refractivity contribution in [3.05, 3.63) is 21.9 Å². The zero-order chi connectivity index (χ0) is 15.1. The molecule has 3 nitrogen and oxygen atoms in total. The maximum absolute atomic E-state index is 5.52. The summed E-state index contributed by atoms with van der Waals surface area (Å²) in [7, 11) is 0. The molecule has 1 aliphatic heterocycles. The van der Waals surface area contributed by atoms with E-state index in [1.807, 2.05) is 11.3 Å². The van der Waals surface area contributed by atoms with Crippen LogP contribution in [0.25, 0.3) is 0 Å². The number of aryl methyl sites for hydroxylation is 1. The van der Waals surface area contributed by atoms with Gasteiger partial charge in [0, 0.05) is 37.1 Å². The van der Waals surface area contributed by atoms with E-state index in [1.54, 1.807) is 0 Å². The lowest BCUT2D eigenvalue weighted by Crippen LogP contribution is -2.51. The van der Waals surface area contributed by atoms with Crippen LogP contribution in [-0.4, -0.2) is 43.8 Å². The van der Waals surface area contributed by atoms with Crippen LogP contribution in [0.1, 0.15) is 37.1 Å². The van der Waals surface area contributed by atoms with Crippen LogP contribution in [0.4, 0.5) is 0 Å². The molecule has 0 amide bonds. The lowest BCUT2D eigenvalue weighted by molar-refractivity contribution is 0.00162. The number of hydrogen-bond donors (Lipinski definition) is 1. The summed E-state index contributed by atoms with van der Waals surface area (Å²) in [6.07, 6.45) is 2.52. The van der Waals surface area contributed by atoms with Crippen molar-refractivity contribution in [3.63, 3.8) is 0 Å². The molecule has 4 heteroatoms. The minimum absolute atomic E-state index is 0.643. The highest BCUT2D eigenvalue weighted by Gasteiger charge is 2.26. The van der Waals surface area contributed by atoms with E-state index < -0.39 is 0 Å². The Morgan fingerprint density at radius 3 is 2.57 bits per heavy atom. The largest absolute Gasteiger partial charge is 0.379 e. The third-order valence-electron chi connectivity index (χ3n) is 4.71. The van der Waals surface area contributed by atoms with Crippen LogP contribution >= 0.6 is 11.3 Å². The van der Waals surface area contributed by atoms with Crippen LogP contribution in [0, 0.1) is 12.8 Å². The Hall–Kier alpha value is -0.420. The minimum atomic E-state index is 0.643. The number of hydrogen-bond acceptors (Lipinski definition) is 4. The van der Waals surface area contributed by atoms with Crippen molar-refractivity contribution in [2.24, 2.45) is 5.92 Å². The zero-order valence-corrected chi connectivity index (χ0v) is 14.5. The normalized spacial score (nSPS) is 18.3. The van der Waals surface area contributed by atoms with Crippen molar-refractivity contribution in [3.8, 4) is 0 Å². The number of ether oxygens (including phenoxy) is 1. The summed E-state index contributed by atoms with van der Waals surface area (Å²) >= 11 is 1.86. The predicted octanol–water partition coefficient (Wildman–Crippen LogP) is 3.28. The van der Waals surface area contributed by atoms with Gasteiger partial charge in [0.25, 0.3) is 0 Å². The molecule has 1 fully saturated rings. The maximum Gasteiger partial charge on any atom is 0.0594 e. The van der Waals surface area contributed by atoms with Crippen LogP contribution in [0.3, 0.4) is 0 Å². The van der Waals surface area contributed by atoms with Crippen LogP contribution < -0.4 is 5.32 Å². The van der Waals surface area contributed by atoms with Gasteiger partial charge in [0.15, 0.2) is 0 Å². The second-order valence-corrected chi connectivity index (χ2v) is 6.95. The van der Waals surface area contributed by atoms with Gasteiger partial charge in [-0.3, -0.25) is 4.90 Å². The Morgan fingerprint density at radius 2 is 2.00 bits per heavy atom. The molecule has 1 aromatic heterocycles. The molecule has 0 aromatic carbocycles. The van der Waals surface area contributed by atoms with Crippen LogP contribution in [0.5, 0.6) is 0 Å². The number of rotatable bonds is 8. The molecular weight excluding hydrogens is 280 g/mol. The Balaban J connectivity index is 1.90. The Labute approximate surface area is 133 Å². The van der Waals surface area contributed by atoms with Crippen molar-refractivity contribution in [1.29, 1.82) is 0 Å². The summed E-state index contributed by atoms with van der Waals surface area (Å²) in [6, 6.07) is 2.85. The van der Waals surface area contributed by atoms with E-state index in [-0.39, 0.29) is 0 Å². The van der Waals surface area contributed by atoms with Gasteiger partial charge < -0.3 is 10.1 Å².